The van der Waals surface area contributed by atoms with Gasteiger partial charge in [0.1, 0.15) is 0 Å². The molecule has 0 aliphatic carbocycles. The Labute approximate surface area is 179 Å². The number of sulfonamides is 1. The molecule has 2 aromatic rings. The number of hydrogen-bond donors (Lipinski definition) is 2. The fourth-order valence-corrected chi connectivity index (χ4v) is 3.93. The molecule has 0 radical (unpaired) electrons. The molecule has 0 fully saturated rings. The molecule has 0 saturated heterocycles. The van der Waals surface area contributed by atoms with Gasteiger partial charge in [-0.05, 0) is 43.2 Å². The van der Waals surface area contributed by atoms with Gasteiger partial charge in [-0.1, -0.05) is 12.1 Å². The van der Waals surface area contributed by atoms with Gasteiger partial charge in [0.05, 0.1) is 23.2 Å². The molecule has 2 rings (SSSR count). The van der Waals surface area contributed by atoms with Crippen LogP contribution in [0.4, 0.5) is 0 Å². The van der Waals surface area contributed by atoms with Crippen molar-refractivity contribution in [3.05, 3.63) is 57.3 Å². The van der Waals surface area contributed by atoms with Crippen LogP contribution in [0.15, 0.2) is 36.4 Å². The van der Waals surface area contributed by atoms with E-state index in [0.717, 1.165) is 16.7 Å². The van der Waals surface area contributed by atoms with Gasteiger partial charge in [-0.25, -0.2) is 17.9 Å². The van der Waals surface area contributed by atoms with E-state index in [9.17, 15) is 22.8 Å². The Morgan fingerprint density at radius 1 is 1.10 bits per heavy atom. The zero-order chi connectivity index (χ0) is 22.3. The molecule has 0 aliphatic rings. The van der Waals surface area contributed by atoms with Crippen LogP contribution in [-0.2, 0) is 32.5 Å². The van der Waals surface area contributed by atoms with Crippen molar-refractivity contribution in [2.24, 2.45) is 0 Å². The molecular weight excluding hydrogens is 428 g/mol. The Hall–Kier alpha value is -2.56. The number of nitrogens with one attached hydrogen (secondary N) is 2. The highest BCUT2D eigenvalue weighted by Gasteiger charge is 2.22. The molecule has 0 spiro atoms. The zero-order valence-electron chi connectivity index (χ0n) is 16.9. The van der Waals surface area contributed by atoms with Gasteiger partial charge < -0.3 is 10.1 Å². The van der Waals surface area contributed by atoms with Crippen LogP contribution in [-0.4, -0.2) is 45.0 Å². The first-order chi connectivity index (χ1) is 14.0. The summed E-state index contributed by atoms with van der Waals surface area (Å²) in [6.45, 7) is 3.53. The maximum Gasteiger partial charge on any atom is 0.338 e. The summed E-state index contributed by atoms with van der Waals surface area (Å²) in [5, 5.41) is 2.66. The highest BCUT2D eigenvalue weighted by Crippen LogP contribution is 2.19. The molecule has 1 atom stereocenters. The predicted molar refractivity (Wildman–Crippen MR) is 114 cm³/mol. The van der Waals surface area contributed by atoms with Crippen molar-refractivity contribution in [3.63, 3.8) is 0 Å². The molecule has 1 amide bonds. The van der Waals surface area contributed by atoms with Crippen molar-refractivity contribution >= 4 is 39.0 Å². The number of ketones is 1. The third kappa shape index (κ3) is 7.69. The summed E-state index contributed by atoms with van der Waals surface area (Å²) in [6.07, 6.45) is 0.619. The highest BCUT2D eigenvalue weighted by atomic mass is 32.2. The number of thiophene rings is 1. The summed E-state index contributed by atoms with van der Waals surface area (Å²) in [5.41, 5.74) is 1.16. The molecular formula is C20H24N2O6S2. The molecule has 8 nitrogen and oxygen atoms in total. The average Bonchev–Trinajstić information content (AvgIpc) is 3.14. The fourth-order valence-electron chi connectivity index (χ4n) is 2.49. The summed E-state index contributed by atoms with van der Waals surface area (Å²) in [5.74, 6) is -1.09. The van der Waals surface area contributed by atoms with Crippen molar-refractivity contribution in [3.8, 4) is 0 Å². The Bertz CT molecular complexity index is 1010. The third-order valence-electron chi connectivity index (χ3n) is 4.04. The third-order valence-corrected chi connectivity index (χ3v) is 5.86. The van der Waals surface area contributed by atoms with E-state index in [4.69, 9.17) is 4.74 Å². The van der Waals surface area contributed by atoms with Gasteiger partial charge in [-0.2, -0.15) is 0 Å². The van der Waals surface area contributed by atoms with Crippen LogP contribution in [0.1, 0.15) is 44.3 Å². The second-order valence-corrected chi connectivity index (χ2v) is 9.70. The lowest BCUT2D eigenvalue weighted by Crippen LogP contribution is -2.24. The first-order valence-corrected chi connectivity index (χ1v) is 11.9. The van der Waals surface area contributed by atoms with E-state index in [1.54, 1.807) is 36.4 Å². The monoisotopic (exact) mass is 452 g/mol. The van der Waals surface area contributed by atoms with E-state index < -0.39 is 22.1 Å². The van der Waals surface area contributed by atoms with Crippen molar-refractivity contribution in [1.29, 1.82) is 0 Å². The van der Waals surface area contributed by atoms with E-state index >= 15 is 0 Å². The standard InChI is InChI=1S/C20H24N2O6S2/c1-13(19(24)18-9-8-17(29-18)12-21-14(2)23)28-20(25)16-6-4-15(5-7-16)10-11-22-30(3,26)27/h4-9,13,22H,10-12H2,1-3H3,(H,21,23). The van der Waals surface area contributed by atoms with Crippen molar-refractivity contribution < 1.29 is 27.5 Å². The molecule has 10 heteroatoms. The molecule has 1 unspecified atom stereocenters. The van der Waals surface area contributed by atoms with Crippen LogP contribution in [0.25, 0.3) is 0 Å². The van der Waals surface area contributed by atoms with E-state index in [2.05, 4.69) is 10.0 Å². The van der Waals surface area contributed by atoms with Gasteiger partial charge in [-0.15, -0.1) is 11.3 Å². The van der Waals surface area contributed by atoms with E-state index in [1.807, 2.05) is 0 Å². The Morgan fingerprint density at radius 2 is 1.77 bits per heavy atom. The lowest BCUT2D eigenvalue weighted by atomic mass is 10.1. The predicted octanol–water partition coefficient (Wildman–Crippen LogP) is 1.90. The second kappa shape index (κ2) is 10.5. The summed E-state index contributed by atoms with van der Waals surface area (Å²) >= 11 is 1.24. The van der Waals surface area contributed by atoms with Gasteiger partial charge in [0.25, 0.3) is 0 Å². The molecule has 0 aliphatic heterocycles. The molecule has 2 N–H and O–H groups in total. The van der Waals surface area contributed by atoms with Crippen LogP contribution < -0.4 is 10.0 Å². The summed E-state index contributed by atoms with van der Waals surface area (Å²) in [7, 11) is -3.24. The van der Waals surface area contributed by atoms with Gasteiger partial charge in [0.2, 0.25) is 21.7 Å². The van der Waals surface area contributed by atoms with Crippen molar-refractivity contribution in [2.45, 2.75) is 32.9 Å². The molecule has 0 saturated carbocycles. The number of hydrogen-bond acceptors (Lipinski definition) is 7. The number of benzene rings is 1. The topological polar surface area (TPSA) is 119 Å². The first kappa shape index (κ1) is 23.7. The molecule has 1 heterocycles. The number of carbonyl (C=O) groups excluding carboxylic acids is 3. The highest BCUT2D eigenvalue weighted by molar-refractivity contribution is 7.88. The molecule has 0 bridgehead atoms. The van der Waals surface area contributed by atoms with Crippen molar-refractivity contribution in [2.75, 3.05) is 12.8 Å². The summed E-state index contributed by atoms with van der Waals surface area (Å²) in [6, 6.07) is 9.97. The number of Topliss-reactive ketones (excluding diaryl/α,β-unsaturated/α-hetero) is 1. The van der Waals surface area contributed by atoms with Crippen LogP contribution in [0.5, 0.6) is 0 Å². The van der Waals surface area contributed by atoms with Gasteiger partial charge in [0, 0.05) is 18.3 Å². The summed E-state index contributed by atoms with van der Waals surface area (Å²) < 4.78 is 29.8. The first-order valence-electron chi connectivity index (χ1n) is 9.17. The number of ether oxygens (including phenoxy) is 1. The van der Waals surface area contributed by atoms with Gasteiger partial charge >= 0.3 is 5.97 Å². The largest absolute Gasteiger partial charge is 0.451 e. The lowest BCUT2D eigenvalue weighted by Gasteiger charge is -2.11. The van der Waals surface area contributed by atoms with Gasteiger partial charge in [-0.3, -0.25) is 9.59 Å². The SMILES string of the molecule is CC(=O)NCc1ccc(C(=O)C(C)OC(=O)c2ccc(CCNS(C)(=O)=O)cc2)s1. The van der Waals surface area contributed by atoms with E-state index in [0.29, 0.717) is 23.4 Å². The summed E-state index contributed by atoms with van der Waals surface area (Å²) in [4.78, 5) is 37.1. The van der Waals surface area contributed by atoms with Crippen LogP contribution in [0.2, 0.25) is 0 Å². The molecule has 1 aromatic carbocycles. The Kier molecular flexibility index (Phi) is 8.27. The van der Waals surface area contributed by atoms with E-state index in [-0.39, 0.29) is 18.2 Å². The van der Waals surface area contributed by atoms with Crippen molar-refractivity contribution in [1.82, 2.24) is 10.0 Å². The normalized spacial score (nSPS) is 12.2. The van der Waals surface area contributed by atoms with Gasteiger partial charge in [0.15, 0.2) is 6.10 Å². The molecule has 162 valence electrons. The van der Waals surface area contributed by atoms with Crippen LogP contribution in [0.3, 0.4) is 0 Å². The fraction of sp³-hybridized carbons (Fsp3) is 0.350. The number of carbonyl (C=O) groups is 3. The minimum atomic E-state index is -3.24. The minimum absolute atomic E-state index is 0.156. The molecule has 30 heavy (non-hydrogen) atoms. The number of esters is 1. The number of amides is 1. The van der Waals surface area contributed by atoms with Crippen LogP contribution >= 0.6 is 11.3 Å². The average molecular weight is 453 g/mol. The minimum Gasteiger partial charge on any atom is -0.451 e. The lowest BCUT2D eigenvalue weighted by molar-refractivity contribution is -0.119. The smallest absolute Gasteiger partial charge is 0.338 e. The van der Waals surface area contributed by atoms with E-state index in [1.165, 1.54) is 25.2 Å². The quantitative estimate of drug-likeness (QED) is 0.420. The maximum absolute atomic E-state index is 12.5. The Balaban J connectivity index is 1.90. The number of rotatable bonds is 10. The maximum atomic E-state index is 12.5. The van der Waals surface area contributed by atoms with Crippen LogP contribution in [0, 0.1) is 0 Å². The second-order valence-electron chi connectivity index (χ2n) is 6.70. The molecule has 1 aromatic heterocycles. The Morgan fingerprint density at radius 3 is 2.37 bits per heavy atom. The zero-order valence-corrected chi connectivity index (χ0v) is 18.6.